The van der Waals surface area contributed by atoms with Gasteiger partial charge < -0.3 is 9.64 Å². The summed E-state index contributed by atoms with van der Waals surface area (Å²) in [6, 6.07) is 8.03. The minimum absolute atomic E-state index is 0.0105. The Hall–Kier alpha value is -2.52. The molecule has 2 aromatic rings. The molecule has 1 aromatic heterocycles. The molecule has 0 saturated carbocycles. The summed E-state index contributed by atoms with van der Waals surface area (Å²) in [5.74, 6) is 1.13. The molecule has 2 aliphatic rings. The number of ether oxygens (including phenoxy) is 1. The Bertz CT molecular complexity index is 996. The molecule has 0 N–H and O–H groups in total. The molecule has 0 spiro atoms. The number of amides is 1. The minimum Gasteiger partial charge on any atom is -0.474 e. The monoisotopic (exact) mass is 430 g/mol. The van der Waals surface area contributed by atoms with Gasteiger partial charge in [0, 0.05) is 56.8 Å². The first-order valence-electron chi connectivity index (χ1n) is 10.3. The quantitative estimate of drug-likeness (QED) is 0.722. The van der Waals surface area contributed by atoms with Crippen molar-refractivity contribution in [3.63, 3.8) is 0 Å². The van der Waals surface area contributed by atoms with E-state index in [0.717, 1.165) is 25.7 Å². The Balaban J connectivity index is 1.35. The fourth-order valence-electron chi connectivity index (χ4n) is 3.88. The van der Waals surface area contributed by atoms with E-state index in [-0.39, 0.29) is 16.9 Å². The molecule has 1 aromatic carbocycles. The van der Waals surface area contributed by atoms with Gasteiger partial charge in [-0.1, -0.05) is 0 Å². The van der Waals surface area contributed by atoms with Crippen LogP contribution in [0.2, 0.25) is 0 Å². The lowest BCUT2D eigenvalue weighted by molar-refractivity contribution is 0.0587. The molecule has 2 fully saturated rings. The summed E-state index contributed by atoms with van der Waals surface area (Å²) in [5, 5.41) is 0. The van der Waals surface area contributed by atoms with Crippen LogP contribution in [0.15, 0.2) is 41.4 Å². The maximum atomic E-state index is 12.8. The molecule has 1 amide bonds. The van der Waals surface area contributed by atoms with Crippen LogP contribution in [0.3, 0.4) is 0 Å². The van der Waals surface area contributed by atoms with E-state index in [4.69, 9.17) is 4.74 Å². The predicted molar refractivity (Wildman–Crippen MR) is 111 cm³/mol. The van der Waals surface area contributed by atoms with E-state index in [9.17, 15) is 13.2 Å². The van der Waals surface area contributed by atoms with E-state index >= 15 is 0 Å². The van der Waals surface area contributed by atoms with E-state index < -0.39 is 10.0 Å². The number of hydrogen-bond donors (Lipinski definition) is 0. The maximum Gasteiger partial charge on any atom is 0.253 e. The average molecular weight is 431 g/mol. The first-order valence-corrected chi connectivity index (χ1v) is 11.7. The smallest absolute Gasteiger partial charge is 0.253 e. The van der Waals surface area contributed by atoms with Gasteiger partial charge in [-0.15, -0.1) is 0 Å². The second-order valence-electron chi connectivity index (χ2n) is 7.69. The Morgan fingerprint density at radius 1 is 1.03 bits per heavy atom. The molecular weight excluding hydrogens is 404 g/mol. The number of benzene rings is 1. The second kappa shape index (κ2) is 8.69. The standard InChI is InChI=1S/C21H26N4O4S/c1-16-22-11-8-20(23-16)29-18-9-14-24(15-10-18)21(26)17-4-6-19(7-5-17)30(27,28)25-12-2-3-13-25/h4-8,11,18H,2-3,9-10,12-15H2,1H3. The summed E-state index contributed by atoms with van der Waals surface area (Å²) < 4.78 is 32.7. The molecule has 30 heavy (non-hydrogen) atoms. The van der Waals surface area contributed by atoms with Crippen LogP contribution in [-0.2, 0) is 10.0 Å². The number of carbonyl (C=O) groups is 1. The predicted octanol–water partition coefficient (Wildman–Crippen LogP) is 2.25. The molecule has 0 radical (unpaired) electrons. The third-order valence-electron chi connectivity index (χ3n) is 5.57. The van der Waals surface area contributed by atoms with E-state index in [1.54, 1.807) is 29.3 Å². The number of hydrogen-bond acceptors (Lipinski definition) is 6. The molecule has 4 rings (SSSR count). The lowest BCUT2D eigenvalue weighted by Gasteiger charge is -2.32. The first kappa shape index (κ1) is 20.7. The Kier molecular flexibility index (Phi) is 6.01. The Morgan fingerprint density at radius 2 is 1.70 bits per heavy atom. The van der Waals surface area contributed by atoms with Crippen molar-refractivity contribution in [2.24, 2.45) is 0 Å². The van der Waals surface area contributed by atoms with Gasteiger partial charge in [0.25, 0.3) is 5.91 Å². The second-order valence-corrected chi connectivity index (χ2v) is 9.63. The summed E-state index contributed by atoms with van der Waals surface area (Å²) in [4.78, 5) is 23.2. The molecule has 0 unspecified atom stereocenters. The van der Waals surface area contributed by atoms with Crippen LogP contribution in [0.1, 0.15) is 41.9 Å². The van der Waals surface area contributed by atoms with Crippen LogP contribution >= 0.6 is 0 Å². The molecule has 160 valence electrons. The largest absolute Gasteiger partial charge is 0.474 e. The normalized spacial score (nSPS) is 18.5. The Labute approximate surface area is 176 Å². The molecule has 2 aliphatic heterocycles. The fourth-order valence-corrected chi connectivity index (χ4v) is 5.39. The highest BCUT2D eigenvalue weighted by atomic mass is 32.2. The number of carbonyl (C=O) groups excluding carboxylic acids is 1. The van der Waals surface area contributed by atoms with E-state index in [1.807, 2.05) is 6.92 Å². The van der Waals surface area contributed by atoms with Gasteiger partial charge in [0.05, 0.1) is 4.90 Å². The fraction of sp³-hybridized carbons (Fsp3) is 0.476. The molecule has 0 aliphatic carbocycles. The van der Waals surface area contributed by atoms with E-state index in [0.29, 0.717) is 43.4 Å². The number of sulfonamides is 1. The van der Waals surface area contributed by atoms with Gasteiger partial charge >= 0.3 is 0 Å². The van der Waals surface area contributed by atoms with E-state index in [2.05, 4.69) is 9.97 Å². The zero-order chi connectivity index (χ0) is 21.1. The summed E-state index contributed by atoms with van der Waals surface area (Å²) >= 11 is 0. The van der Waals surface area contributed by atoms with Crippen molar-refractivity contribution in [1.82, 2.24) is 19.2 Å². The molecule has 0 atom stereocenters. The number of rotatable bonds is 5. The highest BCUT2D eigenvalue weighted by molar-refractivity contribution is 7.89. The highest BCUT2D eigenvalue weighted by Crippen LogP contribution is 2.23. The van der Waals surface area contributed by atoms with Crippen LogP contribution < -0.4 is 4.74 Å². The first-order chi connectivity index (χ1) is 14.4. The van der Waals surface area contributed by atoms with Crippen molar-refractivity contribution in [1.29, 1.82) is 0 Å². The Morgan fingerprint density at radius 3 is 2.33 bits per heavy atom. The summed E-state index contributed by atoms with van der Waals surface area (Å²) in [6.07, 6.45) is 4.91. The number of likely N-dealkylation sites (tertiary alicyclic amines) is 1. The van der Waals surface area contributed by atoms with Gasteiger partial charge in [-0.3, -0.25) is 4.79 Å². The SMILES string of the molecule is Cc1nccc(OC2CCN(C(=O)c3ccc(S(=O)(=O)N4CCCC4)cc3)CC2)n1. The van der Waals surface area contributed by atoms with Gasteiger partial charge in [0.15, 0.2) is 0 Å². The van der Waals surface area contributed by atoms with Gasteiger partial charge in [-0.05, 0) is 44.0 Å². The van der Waals surface area contributed by atoms with Crippen molar-refractivity contribution in [3.05, 3.63) is 47.9 Å². The van der Waals surface area contributed by atoms with Crippen LogP contribution in [0, 0.1) is 6.92 Å². The summed E-state index contributed by atoms with van der Waals surface area (Å²) in [6.45, 7) is 4.11. The van der Waals surface area contributed by atoms with Crippen molar-refractivity contribution in [3.8, 4) is 5.88 Å². The van der Waals surface area contributed by atoms with Crippen molar-refractivity contribution in [2.75, 3.05) is 26.2 Å². The van der Waals surface area contributed by atoms with E-state index in [1.165, 1.54) is 16.4 Å². The number of piperidine rings is 1. The van der Waals surface area contributed by atoms with Crippen molar-refractivity contribution in [2.45, 2.75) is 43.6 Å². The van der Waals surface area contributed by atoms with Crippen molar-refractivity contribution < 1.29 is 17.9 Å². The topological polar surface area (TPSA) is 92.7 Å². The molecule has 2 saturated heterocycles. The zero-order valence-electron chi connectivity index (χ0n) is 17.0. The molecular formula is C21H26N4O4S. The van der Waals surface area contributed by atoms with Crippen LogP contribution in [-0.4, -0.2) is 65.8 Å². The van der Waals surface area contributed by atoms with Crippen molar-refractivity contribution >= 4 is 15.9 Å². The zero-order valence-corrected chi connectivity index (χ0v) is 17.8. The van der Waals surface area contributed by atoms with Gasteiger partial charge in [-0.2, -0.15) is 9.29 Å². The van der Waals surface area contributed by atoms with Crippen LogP contribution in [0.5, 0.6) is 5.88 Å². The highest BCUT2D eigenvalue weighted by Gasteiger charge is 2.28. The van der Waals surface area contributed by atoms with Crippen LogP contribution in [0.25, 0.3) is 0 Å². The third kappa shape index (κ3) is 4.46. The summed E-state index contributed by atoms with van der Waals surface area (Å²) in [5.41, 5.74) is 0.501. The molecule has 3 heterocycles. The number of aryl methyl sites for hydroxylation is 1. The molecule has 0 bridgehead atoms. The third-order valence-corrected chi connectivity index (χ3v) is 7.48. The lowest BCUT2D eigenvalue weighted by Crippen LogP contribution is -2.41. The van der Waals surface area contributed by atoms with Gasteiger partial charge in [-0.25, -0.2) is 13.4 Å². The average Bonchev–Trinajstić information content (AvgIpc) is 3.30. The van der Waals surface area contributed by atoms with Gasteiger partial charge in [0.1, 0.15) is 11.9 Å². The maximum absolute atomic E-state index is 12.8. The molecule has 9 heteroatoms. The van der Waals surface area contributed by atoms with Crippen LogP contribution in [0.4, 0.5) is 0 Å². The van der Waals surface area contributed by atoms with Gasteiger partial charge in [0.2, 0.25) is 15.9 Å². The summed E-state index contributed by atoms with van der Waals surface area (Å²) in [7, 11) is -3.46. The lowest BCUT2D eigenvalue weighted by atomic mass is 10.1. The number of aromatic nitrogens is 2. The number of nitrogens with zero attached hydrogens (tertiary/aromatic N) is 4. The molecule has 8 nitrogen and oxygen atoms in total. The minimum atomic E-state index is -3.46.